The minimum absolute atomic E-state index is 0.0273. The summed E-state index contributed by atoms with van der Waals surface area (Å²) in [5.74, 6) is -1.03. The molecule has 41 heavy (non-hydrogen) atoms. The van der Waals surface area contributed by atoms with Crippen molar-refractivity contribution in [2.24, 2.45) is 0 Å². The second-order valence-corrected chi connectivity index (χ2v) is 10.8. The molecule has 1 aliphatic rings. The fourth-order valence-electron chi connectivity index (χ4n) is 5.18. The van der Waals surface area contributed by atoms with E-state index in [0.29, 0.717) is 33.2 Å². The summed E-state index contributed by atoms with van der Waals surface area (Å²) in [4.78, 5) is 34.0. The molecule has 6 rings (SSSR count). The van der Waals surface area contributed by atoms with Crippen molar-refractivity contribution in [2.45, 2.75) is 19.9 Å². The summed E-state index contributed by atoms with van der Waals surface area (Å²) >= 11 is 1.32. The normalized spacial score (nSPS) is 15.2. The molecule has 1 N–H and O–H groups in total. The van der Waals surface area contributed by atoms with Gasteiger partial charge in [-0.25, -0.2) is 4.98 Å². The number of anilines is 1. The van der Waals surface area contributed by atoms with E-state index in [-0.39, 0.29) is 17.9 Å². The summed E-state index contributed by atoms with van der Waals surface area (Å²) in [6.45, 7) is 7.93. The number of Topliss-reactive ketones (excluding diaryl/α,β-unsaturated/α-hetero) is 1. The van der Waals surface area contributed by atoms with E-state index in [1.165, 1.54) is 23.3 Å². The van der Waals surface area contributed by atoms with Gasteiger partial charge in [-0.15, -0.1) is 0 Å². The van der Waals surface area contributed by atoms with Gasteiger partial charge < -0.3 is 19.0 Å². The Kier molecular flexibility index (Phi) is 6.59. The zero-order valence-electron chi connectivity index (χ0n) is 22.6. The zero-order chi connectivity index (χ0) is 28.8. The second kappa shape index (κ2) is 10.3. The van der Waals surface area contributed by atoms with Crippen molar-refractivity contribution >= 4 is 49.3 Å². The minimum Gasteiger partial charge on any atom is -0.503 e. The van der Waals surface area contributed by atoms with Crippen LogP contribution >= 0.6 is 11.3 Å². The largest absolute Gasteiger partial charge is 0.503 e. The second-order valence-electron chi connectivity index (χ2n) is 9.76. The van der Waals surface area contributed by atoms with E-state index >= 15 is 0 Å². The molecule has 5 aromatic rings. The Balaban J connectivity index is 1.51. The Bertz CT molecular complexity index is 1900. The number of hydrogen-bond donors (Lipinski definition) is 1. The van der Waals surface area contributed by atoms with Gasteiger partial charge in [-0.1, -0.05) is 54.3 Å². The molecule has 1 amide bonds. The summed E-state index contributed by atoms with van der Waals surface area (Å²) in [6, 6.07) is 17.0. The van der Waals surface area contributed by atoms with E-state index in [4.69, 9.17) is 18.9 Å². The van der Waals surface area contributed by atoms with Crippen molar-refractivity contribution in [2.75, 3.05) is 18.6 Å². The molecular weight excluding hydrogens is 540 g/mol. The van der Waals surface area contributed by atoms with Gasteiger partial charge in [0.25, 0.3) is 5.91 Å². The molecule has 1 unspecified atom stereocenters. The number of aliphatic hydroxyl groups excluding tert-OH is 1. The van der Waals surface area contributed by atoms with Crippen molar-refractivity contribution < 1.29 is 28.6 Å². The van der Waals surface area contributed by atoms with Crippen molar-refractivity contribution in [1.82, 2.24) is 4.98 Å². The van der Waals surface area contributed by atoms with Crippen LogP contribution in [0.5, 0.6) is 11.5 Å². The fraction of sp³-hybridized carbons (Fsp3) is 0.156. The molecule has 9 heteroatoms. The maximum absolute atomic E-state index is 14.1. The molecular formula is C32H26N2O6S. The number of fused-ring (bicyclic) bond motifs is 2. The molecule has 2 aromatic heterocycles. The predicted octanol–water partition coefficient (Wildman–Crippen LogP) is 7.02. The Morgan fingerprint density at radius 2 is 1.98 bits per heavy atom. The lowest BCUT2D eigenvalue weighted by Gasteiger charge is -2.24. The number of ketones is 1. The van der Waals surface area contributed by atoms with Crippen LogP contribution in [0.1, 0.15) is 33.3 Å². The summed E-state index contributed by atoms with van der Waals surface area (Å²) in [5, 5.41) is 12.3. The lowest BCUT2D eigenvalue weighted by atomic mass is 9.95. The molecule has 0 saturated carbocycles. The van der Waals surface area contributed by atoms with E-state index < -0.39 is 23.5 Å². The molecule has 3 aromatic carbocycles. The van der Waals surface area contributed by atoms with Gasteiger partial charge in [0.05, 0.1) is 28.9 Å². The Labute approximate surface area is 239 Å². The highest BCUT2D eigenvalue weighted by atomic mass is 32.1. The monoisotopic (exact) mass is 566 g/mol. The van der Waals surface area contributed by atoms with Crippen LogP contribution in [0.2, 0.25) is 0 Å². The van der Waals surface area contributed by atoms with Gasteiger partial charge >= 0.3 is 0 Å². The fourth-order valence-corrected chi connectivity index (χ4v) is 6.35. The van der Waals surface area contributed by atoms with E-state index in [1.54, 1.807) is 54.6 Å². The number of hydrogen-bond acceptors (Lipinski definition) is 8. The quantitative estimate of drug-likeness (QED) is 0.159. The molecule has 0 fully saturated rings. The zero-order valence-corrected chi connectivity index (χ0v) is 23.5. The first-order valence-corrected chi connectivity index (χ1v) is 13.7. The Hall–Kier alpha value is -4.89. The number of aliphatic hydroxyl groups is 1. The number of furan rings is 1. The lowest BCUT2D eigenvalue weighted by molar-refractivity contribution is -0.117. The van der Waals surface area contributed by atoms with E-state index in [1.807, 2.05) is 26.0 Å². The first-order valence-electron chi connectivity index (χ1n) is 12.9. The summed E-state index contributed by atoms with van der Waals surface area (Å²) in [5.41, 5.74) is 3.64. The first-order chi connectivity index (χ1) is 19.8. The summed E-state index contributed by atoms with van der Waals surface area (Å²) in [7, 11) is 1.51. The Morgan fingerprint density at radius 3 is 2.76 bits per heavy atom. The SMILES string of the molecule is C=CCOc1cccc(C2C(C(=O)c3cc4cccc(OC)c4o3)=C(O)C(=O)N2c2nc3c(C)cc(C)cc3s2)c1. The molecule has 1 atom stereocenters. The van der Waals surface area contributed by atoms with Crippen LogP contribution in [0.4, 0.5) is 5.13 Å². The molecule has 0 bridgehead atoms. The molecule has 0 spiro atoms. The number of carbonyl (C=O) groups excluding carboxylic acids is 2. The maximum Gasteiger partial charge on any atom is 0.296 e. The minimum atomic E-state index is -0.987. The number of benzene rings is 3. The summed E-state index contributed by atoms with van der Waals surface area (Å²) in [6.07, 6.45) is 1.63. The number of aromatic nitrogens is 1. The van der Waals surface area contributed by atoms with Crippen LogP contribution < -0.4 is 14.4 Å². The van der Waals surface area contributed by atoms with Crippen molar-refractivity contribution in [3.05, 3.63) is 107 Å². The van der Waals surface area contributed by atoms with Gasteiger partial charge in [0, 0.05) is 5.39 Å². The molecule has 0 radical (unpaired) electrons. The molecule has 0 saturated heterocycles. The van der Waals surface area contributed by atoms with E-state index in [0.717, 1.165) is 21.3 Å². The molecule has 206 valence electrons. The number of nitrogens with zero attached hydrogens (tertiary/aromatic N) is 2. The third kappa shape index (κ3) is 4.44. The average molecular weight is 567 g/mol. The number of rotatable bonds is 8. The van der Waals surface area contributed by atoms with Crippen molar-refractivity contribution in [3.8, 4) is 11.5 Å². The van der Waals surface area contributed by atoms with Gasteiger partial charge in [-0.2, -0.15) is 0 Å². The molecule has 0 aliphatic carbocycles. The molecule has 3 heterocycles. The predicted molar refractivity (Wildman–Crippen MR) is 158 cm³/mol. The highest BCUT2D eigenvalue weighted by Crippen LogP contribution is 2.45. The highest BCUT2D eigenvalue weighted by Gasteiger charge is 2.46. The van der Waals surface area contributed by atoms with Crippen LogP contribution in [0.15, 0.2) is 89.1 Å². The smallest absolute Gasteiger partial charge is 0.296 e. The van der Waals surface area contributed by atoms with E-state index in [9.17, 15) is 14.7 Å². The number of methoxy groups -OCH3 is 1. The topological polar surface area (TPSA) is 102 Å². The van der Waals surface area contributed by atoms with Crippen LogP contribution in [0.25, 0.3) is 21.2 Å². The van der Waals surface area contributed by atoms with Gasteiger partial charge in [-0.05, 0) is 60.9 Å². The van der Waals surface area contributed by atoms with Crippen molar-refractivity contribution in [1.29, 1.82) is 0 Å². The number of amides is 1. The molecule has 1 aliphatic heterocycles. The number of para-hydroxylation sites is 1. The lowest BCUT2D eigenvalue weighted by Crippen LogP contribution is -2.31. The third-order valence-corrected chi connectivity index (χ3v) is 7.97. The third-order valence-electron chi connectivity index (χ3n) is 6.97. The Morgan fingerprint density at radius 1 is 1.17 bits per heavy atom. The van der Waals surface area contributed by atoms with Gasteiger partial charge in [0.15, 0.2) is 28.0 Å². The first kappa shape index (κ1) is 26.3. The molecule has 8 nitrogen and oxygen atoms in total. The van der Waals surface area contributed by atoms with Gasteiger partial charge in [-0.3, -0.25) is 14.5 Å². The average Bonchev–Trinajstić information content (AvgIpc) is 3.66. The van der Waals surface area contributed by atoms with Gasteiger partial charge in [0.2, 0.25) is 5.78 Å². The van der Waals surface area contributed by atoms with Crippen LogP contribution in [0.3, 0.4) is 0 Å². The van der Waals surface area contributed by atoms with Crippen molar-refractivity contribution in [3.63, 3.8) is 0 Å². The number of carbonyl (C=O) groups is 2. The van der Waals surface area contributed by atoms with E-state index in [2.05, 4.69) is 6.58 Å². The van der Waals surface area contributed by atoms with Crippen LogP contribution in [-0.4, -0.2) is 35.5 Å². The number of aryl methyl sites for hydroxylation is 2. The summed E-state index contributed by atoms with van der Waals surface area (Å²) < 4.78 is 18.0. The number of ether oxygens (including phenoxy) is 2. The standard InChI is InChI=1S/C32H26N2O6S/c1-5-12-39-21-10-6-8-19(15-21)27-25(28(35)23-16-20-9-7-11-22(38-4)30(20)40-23)29(36)31(37)34(27)32-33-26-18(3)13-17(2)14-24(26)41-32/h5-11,13-16,27,36H,1,12H2,2-4H3. The van der Waals surface area contributed by atoms with Gasteiger partial charge in [0.1, 0.15) is 12.4 Å². The number of thiazole rings is 1. The maximum atomic E-state index is 14.1. The van der Waals surface area contributed by atoms with Crippen LogP contribution in [0, 0.1) is 13.8 Å². The van der Waals surface area contributed by atoms with Crippen LogP contribution in [-0.2, 0) is 4.79 Å². The highest BCUT2D eigenvalue weighted by molar-refractivity contribution is 7.22.